The van der Waals surface area contributed by atoms with Crippen LogP contribution in [-0.4, -0.2) is 34.0 Å². The van der Waals surface area contributed by atoms with E-state index in [0.717, 1.165) is 23.7 Å². The molecule has 0 aliphatic rings. The molecule has 0 saturated carbocycles. The van der Waals surface area contributed by atoms with Crippen LogP contribution in [0.4, 0.5) is 0 Å². The van der Waals surface area contributed by atoms with Crippen LogP contribution in [0.1, 0.15) is 30.5 Å². The lowest BCUT2D eigenvalue weighted by molar-refractivity contribution is -0.138. The van der Waals surface area contributed by atoms with Gasteiger partial charge in [-0.05, 0) is 20.4 Å². The Hall–Kier alpha value is -0.940. The van der Waals surface area contributed by atoms with E-state index in [-0.39, 0.29) is 12.5 Å². The first-order valence-electron chi connectivity index (χ1n) is 5.36. The number of carboxylic acids is 1. The van der Waals surface area contributed by atoms with Crippen molar-refractivity contribution in [3.8, 4) is 0 Å². The molecule has 0 amide bonds. The van der Waals surface area contributed by atoms with Crippen LogP contribution in [-0.2, 0) is 11.3 Å². The van der Waals surface area contributed by atoms with Crippen molar-refractivity contribution < 1.29 is 9.90 Å². The maximum atomic E-state index is 10.7. The van der Waals surface area contributed by atoms with Crippen LogP contribution in [0.25, 0.3) is 0 Å². The maximum Gasteiger partial charge on any atom is 0.304 e. The number of carbonyl (C=O) groups is 1. The number of hydrogen-bond donors (Lipinski definition) is 1. The van der Waals surface area contributed by atoms with Crippen LogP contribution < -0.4 is 0 Å². The Kier molecular flexibility index (Phi) is 4.89. The standard InChI is InChI=1S/C11H18N2O2S/c1-4-10(5-11(14)15)13(3)6-9-7-16-8(2)12-9/h7,10H,4-6H2,1-3H3,(H,14,15). The molecule has 1 atom stereocenters. The Morgan fingerprint density at radius 1 is 1.69 bits per heavy atom. The first-order valence-corrected chi connectivity index (χ1v) is 6.24. The molecule has 4 nitrogen and oxygen atoms in total. The van der Waals surface area contributed by atoms with Gasteiger partial charge in [0, 0.05) is 18.0 Å². The summed E-state index contributed by atoms with van der Waals surface area (Å²) in [6, 6.07) is 0.0829. The van der Waals surface area contributed by atoms with E-state index in [4.69, 9.17) is 5.11 Å². The SMILES string of the molecule is CCC(CC(=O)O)N(C)Cc1csc(C)n1. The number of rotatable bonds is 6. The van der Waals surface area contributed by atoms with Crippen molar-refractivity contribution in [2.24, 2.45) is 0 Å². The smallest absolute Gasteiger partial charge is 0.304 e. The third-order valence-electron chi connectivity index (χ3n) is 2.58. The predicted octanol–water partition coefficient (Wildman–Crippen LogP) is 2.14. The van der Waals surface area contributed by atoms with Gasteiger partial charge in [-0.1, -0.05) is 6.92 Å². The minimum Gasteiger partial charge on any atom is -0.481 e. The first kappa shape index (κ1) is 13.1. The molecular formula is C11H18N2O2S. The monoisotopic (exact) mass is 242 g/mol. The van der Waals surface area contributed by atoms with Crippen LogP contribution in [0.5, 0.6) is 0 Å². The Morgan fingerprint density at radius 2 is 2.38 bits per heavy atom. The maximum absolute atomic E-state index is 10.7. The molecule has 0 bridgehead atoms. The minimum atomic E-state index is -0.742. The third kappa shape index (κ3) is 3.90. The quantitative estimate of drug-likeness (QED) is 0.830. The summed E-state index contributed by atoms with van der Waals surface area (Å²) in [6.07, 6.45) is 1.03. The molecule has 0 spiro atoms. The molecule has 0 radical (unpaired) electrons. The van der Waals surface area contributed by atoms with Crippen LogP contribution >= 0.6 is 11.3 Å². The summed E-state index contributed by atoms with van der Waals surface area (Å²) in [5.41, 5.74) is 1.02. The number of aryl methyl sites for hydroxylation is 1. The molecule has 1 heterocycles. The molecule has 90 valence electrons. The van der Waals surface area contributed by atoms with Gasteiger partial charge in [0.25, 0.3) is 0 Å². The van der Waals surface area contributed by atoms with Crippen molar-refractivity contribution in [3.05, 3.63) is 16.1 Å². The molecule has 0 fully saturated rings. The van der Waals surface area contributed by atoms with E-state index in [2.05, 4.69) is 9.88 Å². The fourth-order valence-electron chi connectivity index (χ4n) is 1.68. The van der Waals surface area contributed by atoms with Gasteiger partial charge in [0.15, 0.2) is 0 Å². The summed E-state index contributed by atoms with van der Waals surface area (Å²) < 4.78 is 0. The van der Waals surface area contributed by atoms with E-state index in [1.807, 2.05) is 26.3 Å². The second kappa shape index (κ2) is 5.96. The minimum absolute atomic E-state index is 0.0829. The molecule has 1 unspecified atom stereocenters. The van der Waals surface area contributed by atoms with Crippen molar-refractivity contribution in [1.29, 1.82) is 0 Å². The average Bonchev–Trinajstić information content (AvgIpc) is 2.60. The van der Waals surface area contributed by atoms with E-state index in [9.17, 15) is 4.79 Å². The normalized spacial score (nSPS) is 13.0. The van der Waals surface area contributed by atoms with E-state index >= 15 is 0 Å². The van der Waals surface area contributed by atoms with Gasteiger partial charge in [0.1, 0.15) is 0 Å². The zero-order valence-corrected chi connectivity index (χ0v) is 10.8. The Balaban J connectivity index is 2.55. The number of aromatic nitrogens is 1. The summed E-state index contributed by atoms with van der Waals surface area (Å²) in [7, 11) is 1.95. The van der Waals surface area contributed by atoms with Gasteiger partial charge >= 0.3 is 5.97 Å². The molecule has 1 aromatic rings. The van der Waals surface area contributed by atoms with Gasteiger partial charge in [-0.25, -0.2) is 4.98 Å². The average molecular weight is 242 g/mol. The van der Waals surface area contributed by atoms with Crippen LogP contribution in [0.15, 0.2) is 5.38 Å². The Bertz CT molecular complexity index is 352. The number of thiazole rings is 1. The molecule has 5 heteroatoms. The lowest BCUT2D eigenvalue weighted by atomic mass is 10.1. The number of aliphatic carboxylic acids is 1. The molecule has 0 aliphatic carbocycles. The highest BCUT2D eigenvalue weighted by Crippen LogP contribution is 2.14. The number of hydrogen-bond acceptors (Lipinski definition) is 4. The molecule has 1 N–H and O–H groups in total. The highest BCUT2D eigenvalue weighted by molar-refractivity contribution is 7.09. The van der Waals surface area contributed by atoms with Crippen molar-refractivity contribution in [2.75, 3.05) is 7.05 Å². The third-order valence-corrected chi connectivity index (χ3v) is 3.41. The molecule has 0 saturated heterocycles. The topological polar surface area (TPSA) is 53.4 Å². The first-order chi connectivity index (χ1) is 7.52. The van der Waals surface area contributed by atoms with Crippen molar-refractivity contribution in [1.82, 2.24) is 9.88 Å². The lowest BCUT2D eigenvalue weighted by Crippen LogP contribution is -2.32. The predicted molar refractivity (Wildman–Crippen MR) is 64.6 cm³/mol. The highest BCUT2D eigenvalue weighted by atomic mass is 32.1. The summed E-state index contributed by atoms with van der Waals surface area (Å²) in [6.45, 7) is 4.70. The van der Waals surface area contributed by atoms with Crippen LogP contribution in [0.2, 0.25) is 0 Å². The van der Waals surface area contributed by atoms with Gasteiger partial charge in [-0.3, -0.25) is 9.69 Å². The number of nitrogens with zero attached hydrogens (tertiary/aromatic N) is 2. The van der Waals surface area contributed by atoms with Gasteiger partial charge in [-0.15, -0.1) is 11.3 Å². The fraction of sp³-hybridized carbons (Fsp3) is 0.636. The van der Waals surface area contributed by atoms with Gasteiger partial charge in [0.05, 0.1) is 17.1 Å². The Morgan fingerprint density at radius 3 is 2.81 bits per heavy atom. The number of carboxylic acid groups (broad SMARTS) is 1. The Labute approximate surface area is 99.9 Å². The van der Waals surface area contributed by atoms with Crippen molar-refractivity contribution in [2.45, 2.75) is 39.3 Å². The zero-order valence-electron chi connectivity index (χ0n) is 9.93. The van der Waals surface area contributed by atoms with Gasteiger partial charge in [0.2, 0.25) is 0 Å². The highest BCUT2D eigenvalue weighted by Gasteiger charge is 2.17. The lowest BCUT2D eigenvalue weighted by Gasteiger charge is -2.24. The molecule has 0 aromatic carbocycles. The van der Waals surface area contributed by atoms with E-state index < -0.39 is 5.97 Å². The summed E-state index contributed by atoms with van der Waals surface area (Å²) in [5, 5.41) is 11.9. The van der Waals surface area contributed by atoms with Gasteiger partial charge < -0.3 is 5.11 Å². The van der Waals surface area contributed by atoms with E-state index in [1.54, 1.807) is 11.3 Å². The molecule has 1 rings (SSSR count). The van der Waals surface area contributed by atoms with Gasteiger partial charge in [-0.2, -0.15) is 0 Å². The van der Waals surface area contributed by atoms with Crippen molar-refractivity contribution >= 4 is 17.3 Å². The summed E-state index contributed by atoms with van der Waals surface area (Å²) in [4.78, 5) is 17.1. The fourth-order valence-corrected chi connectivity index (χ4v) is 2.28. The summed E-state index contributed by atoms with van der Waals surface area (Å²) >= 11 is 1.63. The molecule has 1 aromatic heterocycles. The second-order valence-electron chi connectivity index (χ2n) is 3.93. The van der Waals surface area contributed by atoms with E-state index in [0.29, 0.717) is 0 Å². The van der Waals surface area contributed by atoms with Crippen LogP contribution in [0, 0.1) is 6.92 Å². The van der Waals surface area contributed by atoms with Crippen LogP contribution in [0.3, 0.4) is 0 Å². The largest absolute Gasteiger partial charge is 0.481 e. The molecule has 16 heavy (non-hydrogen) atoms. The second-order valence-corrected chi connectivity index (χ2v) is 5.00. The van der Waals surface area contributed by atoms with Crippen molar-refractivity contribution in [3.63, 3.8) is 0 Å². The summed E-state index contributed by atoms with van der Waals surface area (Å²) in [5.74, 6) is -0.742. The molecular weight excluding hydrogens is 224 g/mol. The molecule has 0 aliphatic heterocycles. The van der Waals surface area contributed by atoms with E-state index in [1.165, 1.54) is 0 Å². The zero-order chi connectivity index (χ0) is 12.1.